The second-order valence-electron chi connectivity index (χ2n) is 4.77. The van der Waals surface area contributed by atoms with Gasteiger partial charge in [-0.2, -0.15) is 9.78 Å². The molecular weight excluding hydrogens is 282 g/mol. The first-order valence-electron chi connectivity index (χ1n) is 6.61. The van der Waals surface area contributed by atoms with Crippen LogP contribution in [0.15, 0.2) is 48.7 Å². The minimum atomic E-state index is -0.989. The third kappa shape index (κ3) is 2.31. The fourth-order valence-electron chi connectivity index (χ4n) is 2.27. The van der Waals surface area contributed by atoms with Gasteiger partial charge in [0.15, 0.2) is 5.82 Å². The average molecular weight is 295 g/mol. The van der Waals surface area contributed by atoms with Crippen LogP contribution in [0, 0.1) is 6.92 Å². The molecule has 0 atom stereocenters. The van der Waals surface area contributed by atoms with Crippen molar-refractivity contribution in [2.24, 2.45) is 0 Å². The van der Waals surface area contributed by atoms with Crippen LogP contribution in [-0.4, -0.2) is 30.9 Å². The fourth-order valence-corrected chi connectivity index (χ4v) is 2.27. The number of hydrogen-bond acceptors (Lipinski definition) is 4. The molecule has 110 valence electrons. The normalized spacial score (nSPS) is 10.6. The van der Waals surface area contributed by atoms with E-state index in [2.05, 4.69) is 10.1 Å². The maximum absolute atomic E-state index is 10.9. The van der Waals surface area contributed by atoms with Gasteiger partial charge >= 0.3 is 5.97 Å². The van der Waals surface area contributed by atoms with Gasteiger partial charge in [0, 0.05) is 6.20 Å². The zero-order chi connectivity index (χ0) is 15.7. The summed E-state index contributed by atoms with van der Waals surface area (Å²) < 4.78 is 1.36. The highest BCUT2D eigenvalue weighted by atomic mass is 16.4. The third-order valence-electron chi connectivity index (χ3n) is 3.32. The number of aromatic nitrogens is 3. The van der Waals surface area contributed by atoms with Crippen molar-refractivity contribution in [3.8, 4) is 22.8 Å². The van der Waals surface area contributed by atoms with E-state index in [0.717, 1.165) is 0 Å². The van der Waals surface area contributed by atoms with Crippen LogP contribution in [-0.2, 0) is 0 Å². The molecule has 2 heterocycles. The Bertz CT molecular complexity index is 824. The lowest BCUT2D eigenvalue weighted by atomic mass is 10.0. The van der Waals surface area contributed by atoms with Crippen LogP contribution < -0.4 is 0 Å². The number of carboxylic acids is 1. The summed E-state index contributed by atoms with van der Waals surface area (Å²) in [5.41, 5.74) is 2.08. The number of benzene rings is 1. The van der Waals surface area contributed by atoms with Crippen LogP contribution >= 0.6 is 0 Å². The number of hydrogen-bond donors (Lipinski definition) is 2. The standard InChI is InChI=1S/C16H13N3O3/c1-10-14(11-5-7-12(8-6-11)16(21)22)15(20)19(18-10)13-4-2-3-9-17-13/h2-9,20H,1H3,(H,21,22). The average Bonchev–Trinajstić information content (AvgIpc) is 2.83. The molecule has 2 aromatic heterocycles. The second-order valence-corrected chi connectivity index (χ2v) is 4.77. The van der Waals surface area contributed by atoms with Gasteiger partial charge in [-0.05, 0) is 36.8 Å². The van der Waals surface area contributed by atoms with E-state index in [-0.39, 0.29) is 11.4 Å². The Kier molecular flexibility index (Phi) is 3.34. The van der Waals surface area contributed by atoms with Gasteiger partial charge in [-0.15, -0.1) is 0 Å². The van der Waals surface area contributed by atoms with Gasteiger partial charge in [-0.1, -0.05) is 18.2 Å². The Morgan fingerprint density at radius 3 is 2.45 bits per heavy atom. The second kappa shape index (κ2) is 5.33. The van der Waals surface area contributed by atoms with Gasteiger partial charge in [-0.3, -0.25) is 0 Å². The summed E-state index contributed by atoms with van der Waals surface area (Å²) in [6.45, 7) is 1.78. The van der Waals surface area contributed by atoms with Crippen LogP contribution in [0.2, 0.25) is 0 Å². The molecule has 0 amide bonds. The molecule has 6 nitrogen and oxygen atoms in total. The molecule has 0 fully saturated rings. The van der Waals surface area contributed by atoms with E-state index in [0.29, 0.717) is 22.6 Å². The lowest BCUT2D eigenvalue weighted by Crippen LogP contribution is -1.98. The maximum Gasteiger partial charge on any atom is 0.335 e. The Labute approximate surface area is 126 Å². The van der Waals surface area contributed by atoms with Crippen LogP contribution in [0.4, 0.5) is 0 Å². The fraction of sp³-hybridized carbons (Fsp3) is 0.0625. The Balaban J connectivity index is 2.09. The molecule has 0 aliphatic rings. The number of nitrogens with zero attached hydrogens (tertiary/aromatic N) is 3. The predicted octanol–water partition coefficient (Wildman–Crippen LogP) is 2.65. The van der Waals surface area contributed by atoms with Gasteiger partial charge in [-0.25, -0.2) is 9.78 Å². The Morgan fingerprint density at radius 2 is 1.86 bits per heavy atom. The first-order valence-corrected chi connectivity index (χ1v) is 6.61. The molecule has 0 saturated carbocycles. The van der Waals surface area contributed by atoms with Gasteiger partial charge in [0.1, 0.15) is 0 Å². The van der Waals surface area contributed by atoms with E-state index in [1.54, 1.807) is 43.5 Å². The number of rotatable bonds is 3. The van der Waals surface area contributed by atoms with Gasteiger partial charge in [0.2, 0.25) is 5.88 Å². The summed E-state index contributed by atoms with van der Waals surface area (Å²) in [4.78, 5) is 15.1. The van der Waals surface area contributed by atoms with E-state index < -0.39 is 5.97 Å². The molecule has 0 aliphatic heterocycles. The smallest absolute Gasteiger partial charge is 0.335 e. The molecule has 0 unspecified atom stereocenters. The number of carbonyl (C=O) groups is 1. The molecule has 2 N–H and O–H groups in total. The van der Waals surface area contributed by atoms with E-state index >= 15 is 0 Å². The maximum atomic E-state index is 10.9. The van der Waals surface area contributed by atoms with Gasteiger partial charge in [0.05, 0.1) is 16.8 Å². The quantitative estimate of drug-likeness (QED) is 0.775. The van der Waals surface area contributed by atoms with Crippen molar-refractivity contribution in [3.05, 3.63) is 59.9 Å². The predicted molar refractivity (Wildman–Crippen MR) is 80.2 cm³/mol. The number of aromatic carboxylic acids is 1. The zero-order valence-electron chi connectivity index (χ0n) is 11.8. The lowest BCUT2D eigenvalue weighted by Gasteiger charge is -2.03. The van der Waals surface area contributed by atoms with Crippen molar-refractivity contribution in [1.29, 1.82) is 0 Å². The molecule has 1 aromatic carbocycles. The van der Waals surface area contributed by atoms with Crippen molar-refractivity contribution < 1.29 is 15.0 Å². The van der Waals surface area contributed by atoms with Crippen molar-refractivity contribution in [2.45, 2.75) is 6.92 Å². The van der Waals surface area contributed by atoms with Crippen molar-refractivity contribution in [2.75, 3.05) is 0 Å². The Morgan fingerprint density at radius 1 is 1.14 bits per heavy atom. The van der Waals surface area contributed by atoms with E-state index in [4.69, 9.17) is 5.11 Å². The summed E-state index contributed by atoms with van der Waals surface area (Å²) in [7, 11) is 0. The lowest BCUT2D eigenvalue weighted by molar-refractivity contribution is 0.0697. The molecule has 0 bridgehead atoms. The number of carboxylic acid groups (broad SMARTS) is 1. The number of aromatic hydroxyl groups is 1. The van der Waals surface area contributed by atoms with E-state index in [1.165, 1.54) is 16.8 Å². The number of aryl methyl sites for hydroxylation is 1. The van der Waals surface area contributed by atoms with Crippen LogP contribution in [0.5, 0.6) is 5.88 Å². The van der Waals surface area contributed by atoms with Crippen LogP contribution in [0.1, 0.15) is 16.1 Å². The molecule has 0 radical (unpaired) electrons. The topological polar surface area (TPSA) is 88.2 Å². The highest BCUT2D eigenvalue weighted by Crippen LogP contribution is 2.33. The first kappa shape index (κ1) is 13.8. The zero-order valence-corrected chi connectivity index (χ0v) is 11.8. The summed E-state index contributed by atoms with van der Waals surface area (Å²) in [6, 6.07) is 11.6. The van der Waals surface area contributed by atoms with Crippen LogP contribution in [0.25, 0.3) is 16.9 Å². The van der Waals surface area contributed by atoms with Crippen molar-refractivity contribution in [3.63, 3.8) is 0 Å². The van der Waals surface area contributed by atoms with E-state index in [1.807, 2.05) is 0 Å². The summed E-state index contributed by atoms with van der Waals surface area (Å²) in [5, 5.41) is 23.7. The van der Waals surface area contributed by atoms with Gasteiger partial charge < -0.3 is 10.2 Å². The third-order valence-corrected chi connectivity index (χ3v) is 3.32. The SMILES string of the molecule is Cc1nn(-c2ccccn2)c(O)c1-c1ccc(C(=O)O)cc1. The van der Waals surface area contributed by atoms with Crippen molar-refractivity contribution >= 4 is 5.97 Å². The highest BCUT2D eigenvalue weighted by molar-refractivity contribution is 5.88. The van der Waals surface area contributed by atoms with Crippen LogP contribution in [0.3, 0.4) is 0 Å². The van der Waals surface area contributed by atoms with Gasteiger partial charge in [0.25, 0.3) is 0 Å². The first-order chi connectivity index (χ1) is 10.6. The largest absolute Gasteiger partial charge is 0.493 e. The summed E-state index contributed by atoms with van der Waals surface area (Å²) in [5.74, 6) is -0.507. The molecular formula is C16H13N3O3. The summed E-state index contributed by atoms with van der Waals surface area (Å²) >= 11 is 0. The molecule has 0 aliphatic carbocycles. The molecule has 0 saturated heterocycles. The highest BCUT2D eigenvalue weighted by Gasteiger charge is 2.18. The molecule has 0 spiro atoms. The monoisotopic (exact) mass is 295 g/mol. The van der Waals surface area contributed by atoms with Crippen molar-refractivity contribution in [1.82, 2.24) is 14.8 Å². The minimum absolute atomic E-state index is 0.0284. The van der Waals surface area contributed by atoms with E-state index in [9.17, 15) is 9.90 Å². The molecule has 3 rings (SSSR count). The Hall–Kier alpha value is -3.15. The molecule has 3 aromatic rings. The minimum Gasteiger partial charge on any atom is -0.493 e. The molecule has 6 heteroatoms. The number of pyridine rings is 1. The summed E-state index contributed by atoms with van der Waals surface area (Å²) in [6.07, 6.45) is 1.62. The molecule has 22 heavy (non-hydrogen) atoms.